The third-order valence-electron chi connectivity index (χ3n) is 1.75. The number of nitro groups is 1. The van der Waals surface area contributed by atoms with Crippen LogP contribution in [0.25, 0.3) is 6.08 Å². The molecule has 0 aliphatic rings. The molecule has 1 aromatic carbocycles. The lowest BCUT2D eigenvalue weighted by atomic mass is 10.1. The highest BCUT2D eigenvalue weighted by Gasteiger charge is 2.17. The number of halogens is 1. The van der Waals surface area contributed by atoms with Crippen molar-refractivity contribution in [2.75, 3.05) is 0 Å². The molecule has 0 atom stereocenters. The van der Waals surface area contributed by atoms with E-state index in [2.05, 4.69) is 0 Å². The van der Waals surface area contributed by atoms with Gasteiger partial charge < -0.3 is 0 Å². The largest absolute Gasteiger partial charge is 0.312 e. The Hall–Kier alpha value is -1.68. The second-order valence-electron chi connectivity index (χ2n) is 2.86. The van der Waals surface area contributed by atoms with E-state index in [1.807, 2.05) is 0 Å². The molecule has 0 fully saturated rings. The van der Waals surface area contributed by atoms with Crippen molar-refractivity contribution in [3.8, 4) is 0 Å². The van der Waals surface area contributed by atoms with E-state index in [1.165, 1.54) is 6.08 Å². The van der Waals surface area contributed by atoms with Crippen LogP contribution in [0.5, 0.6) is 0 Å². The smallest absolute Gasteiger partial charge is 0.288 e. The zero-order valence-electron chi connectivity index (χ0n) is 7.94. The number of ketones is 1. The van der Waals surface area contributed by atoms with E-state index in [0.717, 1.165) is 6.92 Å². The minimum Gasteiger partial charge on any atom is -0.288 e. The van der Waals surface area contributed by atoms with E-state index in [4.69, 9.17) is 11.6 Å². The van der Waals surface area contributed by atoms with E-state index < -0.39 is 16.4 Å². The molecule has 4 nitrogen and oxygen atoms in total. The highest BCUT2D eigenvalue weighted by Crippen LogP contribution is 2.18. The van der Waals surface area contributed by atoms with Crippen LogP contribution in [0, 0.1) is 10.1 Å². The number of hydrogen-bond donors (Lipinski definition) is 0. The molecule has 15 heavy (non-hydrogen) atoms. The Morgan fingerprint density at radius 1 is 1.47 bits per heavy atom. The number of Topliss-reactive ketones (excluding diaryl/α,β-unsaturated/α-hetero) is 1. The molecule has 0 aliphatic carbocycles. The Bertz CT molecular complexity index is 424. The molecule has 1 aromatic rings. The average molecular weight is 226 g/mol. The highest BCUT2D eigenvalue weighted by molar-refractivity contribution is 6.32. The lowest BCUT2D eigenvalue weighted by molar-refractivity contribution is -0.417. The fraction of sp³-hybridized carbons (Fsp3) is 0.100. The molecule has 78 valence electrons. The molecule has 0 heterocycles. The molecule has 0 saturated heterocycles. The molecule has 0 amide bonds. The molecular weight excluding hydrogens is 218 g/mol. The van der Waals surface area contributed by atoms with Crippen molar-refractivity contribution >= 4 is 23.5 Å². The second-order valence-corrected chi connectivity index (χ2v) is 3.27. The maximum absolute atomic E-state index is 10.9. The number of nitrogens with zero attached hydrogens (tertiary/aromatic N) is 1. The Kier molecular flexibility index (Phi) is 3.57. The van der Waals surface area contributed by atoms with Crippen LogP contribution in [-0.4, -0.2) is 10.7 Å². The summed E-state index contributed by atoms with van der Waals surface area (Å²) < 4.78 is 0. The van der Waals surface area contributed by atoms with E-state index in [1.54, 1.807) is 24.3 Å². The van der Waals surface area contributed by atoms with Crippen molar-refractivity contribution in [2.45, 2.75) is 6.92 Å². The Morgan fingerprint density at radius 3 is 2.53 bits per heavy atom. The van der Waals surface area contributed by atoms with E-state index >= 15 is 0 Å². The van der Waals surface area contributed by atoms with E-state index in [-0.39, 0.29) is 0 Å². The molecule has 0 aromatic heterocycles. The molecule has 0 radical (unpaired) electrons. The maximum atomic E-state index is 10.9. The van der Waals surface area contributed by atoms with E-state index in [0.29, 0.717) is 10.6 Å². The molecule has 0 bridgehead atoms. The first kappa shape index (κ1) is 11.4. The van der Waals surface area contributed by atoms with Crippen molar-refractivity contribution in [1.29, 1.82) is 0 Å². The van der Waals surface area contributed by atoms with Gasteiger partial charge in [-0.25, -0.2) is 0 Å². The number of benzene rings is 1. The van der Waals surface area contributed by atoms with Gasteiger partial charge in [0.05, 0.1) is 4.92 Å². The maximum Gasteiger partial charge on any atom is 0.312 e. The summed E-state index contributed by atoms with van der Waals surface area (Å²) in [4.78, 5) is 20.8. The van der Waals surface area contributed by atoms with Crippen molar-refractivity contribution in [3.63, 3.8) is 0 Å². The number of carbonyl (C=O) groups excluding carboxylic acids is 1. The second kappa shape index (κ2) is 4.70. The van der Waals surface area contributed by atoms with Gasteiger partial charge in [0.15, 0.2) is 0 Å². The SMILES string of the molecule is CC(=O)C(=Cc1ccccc1Cl)[N+](=O)[O-]. The first-order chi connectivity index (χ1) is 7.02. The van der Waals surface area contributed by atoms with Gasteiger partial charge >= 0.3 is 5.70 Å². The Morgan fingerprint density at radius 2 is 2.07 bits per heavy atom. The van der Waals surface area contributed by atoms with Crippen molar-refractivity contribution < 1.29 is 9.72 Å². The summed E-state index contributed by atoms with van der Waals surface area (Å²) in [5.74, 6) is -0.597. The monoisotopic (exact) mass is 225 g/mol. The lowest BCUT2D eigenvalue weighted by Crippen LogP contribution is -2.07. The van der Waals surface area contributed by atoms with Crippen molar-refractivity contribution in [1.82, 2.24) is 0 Å². The molecule has 0 spiro atoms. The predicted molar refractivity (Wildman–Crippen MR) is 57.1 cm³/mol. The minimum atomic E-state index is -0.717. The Balaban J connectivity index is 3.19. The first-order valence-corrected chi connectivity index (χ1v) is 4.51. The van der Waals surface area contributed by atoms with Gasteiger partial charge in [0.2, 0.25) is 5.78 Å². The number of rotatable bonds is 3. The van der Waals surface area contributed by atoms with Gasteiger partial charge in [-0.2, -0.15) is 0 Å². The summed E-state index contributed by atoms with van der Waals surface area (Å²) in [6.07, 6.45) is 1.17. The summed E-state index contributed by atoms with van der Waals surface area (Å²) in [5, 5.41) is 10.9. The van der Waals surface area contributed by atoms with E-state index in [9.17, 15) is 14.9 Å². The lowest BCUT2D eigenvalue weighted by Gasteiger charge is -1.97. The van der Waals surface area contributed by atoms with Gasteiger partial charge in [0.1, 0.15) is 0 Å². The Labute approximate surface area is 91.3 Å². The van der Waals surface area contributed by atoms with Gasteiger partial charge in [-0.15, -0.1) is 0 Å². The fourth-order valence-electron chi connectivity index (χ4n) is 1.02. The topological polar surface area (TPSA) is 60.2 Å². The predicted octanol–water partition coefficient (Wildman–Crippen LogP) is 2.55. The van der Waals surface area contributed by atoms with Crippen LogP contribution in [0.3, 0.4) is 0 Å². The standard InChI is InChI=1S/C10H8ClNO3/c1-7(13)10(12(14)15)6-8-4-2-3-5-9(8)11/h2-6H,1H3. The van der Waals surface area contributed by atoms with Gasteiger partial charge in [0, 0.05) is 18.0 Å². The zero-order valence-corrected chi connectivity index (χ0v) is 8.69. The summed E-state index contributed by atoms with van der Waals surface area (Å²) in [7, 11) is 0. The molecular formula is C10H8ClNO3. The van der Waals surface area contributed by atoms with Crippen molar-refractivity contribution in [2.24, 2.45) is 0 Å². The van der Waals surface area contributed by atoms with Crippen LogP contribution in [0.15, 0.2) is 30.0 Å². The summed E-state index contributed by atoms with van der Waals surface area (Å²) in [6, 6.07) is 6.61. The van der Waals surface area contributed by atoms with Crippen LogP contribution < -0.4 is 0 Å². The molecule has 0 aliphatic heterocycles. The van der Waals surface area contributed by atoms with Crippen LogP contribution >= 0.6 is 11.6 Å². The van der Waals surface area contributed by atoms with Crippen molar-refractivity contribution in [3.05, 3.63) is 50.7 Å². The summed E-state index contributed by atoms with van der Waals surface area (Å²) in [6.45, 7) is 1.14. The van der Waals surface area contributed by atoms with Crippen LogP contribution in [0.2, 0.25) is 5.02 Å². The van der Waals surface area contributed by atoms with Gasteiger partial charge in [0.25, 0.3) is 0 Å². The minimum absolute atomic E-state index is 0.373. The highest BCUT2D eigenvalue weighted by atomic mass is 35.5. The molecule has 0 saturated carbocycles. The van der Waals surface area contributed by atoms with Crippen LogP contribution in [0.4, 0.5) is 0 Å². The van der Waals surface area contributed by atoms with Gasteiger partial charge in [-0.3, -0.25) is 14.9 Å². The number of allylic oxidation sites excluding steroid dienone is 1. The number of hydrogen-bond acceptors (Lipinski definition) is 3. The number of carbonyl (C=O) groups is 1. The van der Waals surface area contributed by atoms with Gasteiger partial charge in [-0.05, 0) is 11.6 Å². The molecule has 1 rings (SSSR count). The van der Waals surface area contributed by atoms with Gasteiger partial charge in [-0.1, -0.05) is 29.8 Å². The summed E-state index contributed by atoms with van der Waals surface area (Å²) in [5.41, 5.74) is -0.0100. The first-order valence-electron chi connectivity index (χ1n) is 4.14. The zero-order chi connectivity index (χ0) is 11.4. The fourth-order valence-corrected chi connectivity index (χ4v) is 1.21. The molecule has 0 N–H and O–H groups in total. The normalized spacial score (nSPS) is 11.2. The molecule has 5 heteroatoms. The molecule has 0 unspecified atom stereocenters. The third-order valence-corrected chi connectivity index (χ3v) is 2.10. The van der Waals surface area contributed by atoms with Crippen LogP contribution in [-0.2, 0) is 4.79 Å². The van der Waals surface area contributed by atoms with Crippen LogP contribution in [0.1, 0.15) is 12.5 Å². The summed E-state index contributed by atoms with van der Waals surface area (Å²) >= 11 is 5.80. The quantitative estimate of drug-likeness (QED) is 0.451. The average Bonchev–Trinajstić information content (AvgIpc) is 2.15. The third kappa shape index (κ3) is 2.89.